The highest BCUT2D eigenvalue weighted by molar-refractivity contribution is 7.11. The molecule has 6 heteroatoms. The Morgan fingerprint density at radius 1 is 1.26 bits per heavy atom. The topological polar surface area (TPSA) is 49.8 Å². The minimum Gasteiger partial charge on any atom is -0.488 e. The Morgan fingerprint density at radius 2 is 2.07 bits per heavy atom. The van der Waals surface area contributed by atoms with E-state index in [-0.39, 0.29) is 18.8 Å². The molecule has 2 aliphatic rings. The molecule has 4 rings (SSSR count). The smallest absolute Gasteiger partial charge is 0.307 e. The van der Waals surface area contributed by atoms with Crippen LogP contribution in [0, 0.1) is 0 Å². The van der Waals surface area contributed by atoms with Crippen LogP contribution in [0.15, 0.2) is 35.7 Å². The van der Waals surface area contributed by atoms with E-state index in [1.165, 1.54) is 41.9 Å². The Bertz CT molecular complexity index is 840. The van der Waals surface area contributed by atoms with Gasteiger partial charge in [0.05, 0.1) is 6.42 Å². The zero-order valence-corrected chi connectivity index (χ0v) is 16.8. The van der Waals surface area contributed by atoms with Crippen LogP contribution >= 0.6 is 23.7 Å². The van der Waals surface area contributed by atoms with Gasteiger partial charge in [0.2, 0.25) is 0 Å². The average Bonchev–Trinajstić information content (AvgIpc) is 3.27. The highest BCUT2D eigenvalue weighted by Gasteiger charge is 2.21. The number of thiophene rings is 1. The number of carbonyl (C=O) groups is 1. The summed E-state index contributed by atoms with van der Waals surface area (Å²) in [7, 11) is 0. The van der Waals surface area contributed by atoms with E-state index >= 15 is 0 Å². The first-order chi connectivity index (χ1) is 12.7. The molecule has 2 aromatic rings. The largest absolute Gasteiger partial charge is 0.488 e. The number of hydrogen-bond acceptors (Lipinski definition) is 4. The van der Waals surface area contributed by atoms with Crippen molar-refractivity contribution in [3.05, 3.63) is 57.3 Å². The van der Waals surface area contributed by atoms with Gasteiger partial charge >= 0.3 is 5.97 Å². The molecule has 0 unspecified atom stereocenters. The molecule has 1 aromatic carbocycles. The van der Waals surface area contributed by atoms with Crippen LogP contribution in [0.3, 0.4) is 0 Å². The van der Waals surface area contributed by atoms with Crippen molar-refractivity contribution in [3.8, 4) is 5.75 Å². The maximum atomic E-state index is 11.1. The van der Waals surface area contributed by atoms with Gasteiger partial charge in [0, 0.05) is 22.5 Å². The molecule has 0 amide bonds. The summed E-state index contributed by atoms with van der Waals surface area (Å²) in [5.41, 5.74) is 4.23. The van der Waals surface area contributed by atoms with Crippen molar-refractivity contribution in [2.75, 3.05) is 19.6 Å². The number of carboxylic acids is 1. The molecule has 1 saturated heterocycles. The van der Waals surface area contributed by atoms with E-state index in [1.807, 2.05) is 18.2 Å². The summed E-state index contributed by atoms with van der Waals surface area (Å²) < 4.78 is 6.01. The molecule has 0 radical (unpaired) electrons. The Labute approximate surface area is 169 Å². The summed E-state index contributed by atoms with van der Waals surface area (Å²) in [5.74, 6) is 0.0332. The van der Waals surface area contributed by atoms with Crippen molar-refractivity contribution < 1.29 is 14.6 Å². The minimum absolute atomic E-state index is 0. The Balaban J connectivity index is 0.00000210. The van der Waals surface area contributed by atoms with Crippen molar-refractivity contribution in [1.29, 1.82) is 0 Å². The first-order valence-corrected chi connectivity index (χ1v) is 10.1. The molecule has 0 saturated carbocycles. The SMILES string of the molecule is Cl.O=C(O)Cc1ccc2c(c1)/C(=C\CCN1CCCC1)c1sccc1CO2. The fraction of sp³-hybridized carbons (Fsp3) is 0.381. The fourth-order valence-corrected chi connectivity index (χ4v) is 4.73. The van der Waals surface area contributed by atoms with Crippen molar-refractivity contribution in [3.63, 3.8) is 0 Å². The number of carboxylic acid groups (broad SMARTS) is 1. The first-order valence-electron chi connectivity index (χ1n) is 9.18. The van der Waals surface area contributed by atoms with E-state index in [0.717, 1.165) is 29.8 Å². The van der Waals surface area contributed by atoms with E-state index in [1.54, 1.807) is 11.3 Å². The lowest BCUT2D eigenvalue weighted by Crippen LogP contribution is -2.19. The van der Waals surface area contributed by atoms with Crippen LogP contribution in [0.25, 0.3) is 5.57 Å². The molecule has 144 valence electrons. The minimum atomic E-state index is -0.809. The molecular formula is C21H24ClNO3S. The van der Waals surface area contributed by atoms with Crippen molar-refractivity contribution in [1.82, 2.24) is 4.90 Å². The number of aliphatic carboxylic acids is 1. The van der Waals surface area contributed by atoms with E-state index < -0.39 is 5.97 Å². The van der Waals surface area contributed by atoms with Gasteiger partial charge in [-0.1, -0.05) is 12.1 Å². The predicted octanol–water partition coefficient (Wildman–Crippen LogP) is 4.61. The number of fused-ring (bicyclic) bond motifs is 2. The van der Waals surface area contributed by atoms with Crippen LogP contribution < -0.4 is 4.74 Å². The number of halogens is 1. The highest BCUT2D eigenvalue weighted by Crippen LogP contribution is 2.40. The second-order valence-electron chi connectivity index (χ2n) is 6.92. The highest BCUT2D eigenvalue weighted by atomic mass is 35.5. The monoisotopic (exact) mass is 405 g/mol. The van der Waals surface area contributed by atoms with Crippen molar-refractivity contribution in [2.24, 2.45) is 0 Å². The third-order valence-electron chi connectivity index (χ3n) is 5.06. The lowest BCUT2D eigenvalue weighted by Gasteiger charge is -2.14. The van der Waals surface area contributed by atoms with Gasteiger partial charge in [-0.15, -0.1) is 23.7 Å². The molecule has 0 spiro atoms. The number of hydrogen-bond donors (Lipinski definition) is 1. The summed E-state index contributed by atoms with van der Waals surface area (Å²) in [6.45, 7) is 4.05. The molecule has 1 aromatic heterocycles. The number of ether oxygens (including phenoxy) is 1. The molecule has 2 aliphatic heterocycles. The van der Waals surface area contributed by atoms with Gasteiger partial charge in [0.25, 0.3) is 0 Å². The lowest BCUT2D eigenvalue weighted by atomic mass is 9.97. The van der Waals surface area contributed by atoms with Crippen LogP contribution in [-0.4, -0.2) is 35.6 Å². The molecule has 0 atom stereocenters. The lowest BCUT2D eigenvalue weighted by molar-refractivity contribution is -0.136. The normalized spacial score (nSPS) is 17.6. The molecule has 4 nitrogen and oxygen atoms in total. The number of rotatable bonds is 5. The van der Waals surface area contributed by atoms with Gasteiger partial charge < -0.3 is 14.7 Å². The van der Waals surface area contributed by atoms with Gasteiger partial charge in [0.15, 0.2) is 0 Å². The number of nitrogens with zero attached hydrogens (tertiary/aromatic N) is 1. The molecule has 0 bridgehead atoms. The summed E-state index contributed by atoms with van der Waals surface area (Å²) in [5, 5.41) is 11.2. The summed E-state index contributed by atoms with van der Waals surface area (Å²) in [6, 6.07) is 7.88. The number of benzene rings is 1. The standard InChI is InChI=1S/C21H23NO3S.ClH/c23-20(24)13-15-5-6-19-18(12-15)17(4-3-10-22-8-1-2-9-22)21-16(14-25-19)7-11-26-21;/h4-7,11-12H,1-3,8-10,13-14H2,(H,23,24);1H/b17-4+;. The summed E-state index contributed by atoms with van der Waals surface area (Å²) >= 11 is 1.73. The Hall–Kier alpha value is -1.82. The van der Waals surface area contributed by atoms with Gasteiger partial charge in [-0.2, -0.15) is 0 Å². The molecule has 0 aliphatic carbocycles. The molecule has 27 heavy (non-hydrogen) atoms. The zero-order valence-electron chi connectivity index (χ0n) is 15.1. The summed E-state index contributed by atoms with van der Waals surface area (Å²) in [6.07, 6.45) is 5.95. The Kier molecular flexibility index (Phi) is 6.58. The van der Waals surface area contributed by atoms with Gasteiger partial charge in [0.1, 0.15) is 12.4 Å². The maximum absolute atomic E-state index is 11.1. The van der Waals surface area contributed by atoms with Gasteiger partial charge in [-0.3, -0.25) is 4.79 Å². The van der Waals surface area contributed by atoms with E-state index in [0.29, 0.717) is 6.61 Å². The average molecular weight is 406 g/mol. The second kappa shape index (κ2) is 8.91. The van der Waals surface area contributed by atoms with Crippen LogP contribution in [0.1, 0.15) is 40.8 Å². The molecule has 1 fully saturated rings. The van der Waals surface area contributed by atoms with Crippen molar-refractivity contribution in [2.45, 2.75) is 32.3 Å². The third-order valence-corrected chi connectivity index (χ3v) is 6.05. The zero-order chi connectivity index (χ0) is 17.9. The van der Waals surface area contributed by atoms with Gasteiger partial charge in [-0.05, 0) is 67.1 Å². The van der Waals surface area contributed by atoms with Gasteiger partial charge in [-0.25, -0.2) is 0 Å². The molecule has 1 N–H and O–H groups in total. The molecule has 3 heterocycles. The van der Waals surface area contributed by atoms with Crippen LogP contribution in [0.4, 0.5) is 0 Å². The predicted molar refractivity (Wildman–Crippen MR) is 111 cm³/mol. The van der Waals surface area contributed by atoms with Crippen LogP contribution in [0.2, 0.25) is 0 Å². The third kappa shape index (κ3) is 4.54. The summed E-state index contributed by atoms with van der Waals surface area (Å²) in [4.78, 5) is 14.9. The number of likely N-dealkylation sites (tertiary alicyclic amines) is 1. The van der Waals surface area contributed by atoms with Crippen LogP contribution in [-0.2, 0) is 17.8 Å². The first kappa shape index (κ1) is 19.9. The van der Waals surface area contributed by atoms with E-state index in [4.69, 9.17) is 9.84 Å². The van der Waals surface area contributed by atoms with Crippen LogP contribution in [0.5, 0.6) is 5.75 Å². The van der Waals surface area contributed by atoms with Crippen molar-refractivity contribution >= 4 is 35.3 Å². The second-order valence-corrected chi connectivity index (χ2v) is 7.84. The Morgan fingerprint density at radius 3 is 2.85 bits per heavy atom. The van der Waals surface area contributed by atoms with E-state index in [2.05, 4.69) is 22.4 Å². The fourth-order valence-electron chi connectivity index (χ4n) is 3.76. The van der Waals surface area contributed by atoms with E-state index in [9.17, 15) is 4.79 Å². The maximum Gasteiger partial charge on any atom is 0.307 e. The quantitative estimate of drug-likeness (QED) is 0.789. The molecular weight excluding hydrogens is 382 g/mol.